The van der Waals surface area contributed by atoms with Crippen LogP contribution in [0, 0.1) is 0 Å². The Morgan fingerprint density at radius 1 is 1.38 bits per heavy atom. The summed E-state index contributed by atoms with van der Waals surface area (Å²) >= 11 is 0. The normalized spacial score (nSPS) is 30.1. The molecule has 1 heterocycles. The van der Waals surface area contributed by atoms with Gasteiger partial charge in [-0.3, -0.25) is 0 Å². The second-order valence-corrected chi connectivity index (χ2v) is 4.50. The minimum atomic E-state index is -1.11. The van der Waals surface area contributed by atoms with Gasteiger partial charge in [-0.15, -0.1) is 0 Å². The first kappa shape index (κ1) is 11.4. The lowest BCUT2D eigenvalue weighted by atomic mass is 9.91. The number of alkyl halides is 1. The van der Waals surface area contributed by atoms with Crippen molar-refractivity contribution in [1.29, 1.82) is 0 Å². The Kier molecular flexibility index (Phi) is 3.15. The summed E-state index contributed by atoms with van der Waals surface area (Å²) in [6.07, 6.45) is 0.786. The van der Waals surface area contributed by atoms with Crippen molar-refractivity contribution in [2.45, 2.75) is 31.5 Å². The van der Waals surface area contributed by atoms with Gasteiger partial charge in [-0.25, -0.2) is 4.39 Å². The maximum Gasteiger partial charge on any atom is 0.118 e. The molecule has 0 radical (unpaired) electrons. The van der Waals surface area contributed by atoms with E-state index < -0.39 is 5.67 Å². The van der Waals surface area contributed by atoms with Crippen LogP contribution in [0.2, 0.25) is 0 Å². The van der Waals surface area contributed by atoms with E-state index in [4.69, 9.17) is 9.47 Å². The summed E-state index contributed by atoms with van der Waals surface area (Å²) in [7, 11) is 1.63. The molecule has 3 heteroatoms. The molecule has 0 saturated carbocycles. The minimum absolute atomic E-state index is 0.130. The zero-order chi connectivity index (χ0) is 11.6. The highest BCUT2D eigenvalue weighted by Gasteiger charge is 2.33. The summed E-state index contributed by atoms with van der Waals surface area (Å²) in [4.78, 5) is 0. The molecule has 88 valence electrons. The van der Waals surface area contributed by atoms with Crippen molar-refractivity contribution >= 4 is 0 Å². The third-order valence-corrected chi connectivity index (χ3v) is 3.04. The topological polar surface area (TPSA) is 18.5 Å². The molecule has 1 aromatic rings. The van der Waals surface area contributed by atoms with E-state index in [1.165, 1.54) is 0 Å². The quantitative estimate of drug-likeness (QED) is 0.767. The van der Waals surface area contributed by atoms with Crippen LogP contribution in [0.25, 0.3) is 0 Å². The van der Waals surface area contributed by atoms with Gasteiger partial charge in [-0.2, -0.15) is 0 Å². The Morgan fingerprint density at radius 3 is 2.62 bits per heavy atom. The van der Waals surface area contributed by atoms with Crippen LogP contribution >= 0.6 is 0 Å². The van der Waals surface area contributed by atoms with E-state index in [1.54, 1.807) is 14.0 Å². The van der Waals surface area contributed by atoms with Gasteiger partial charge < -0.3 is 9.47 Å². The van der Waals surface area contributed by atoms with Crippen molar-refractivity contribution in [3.8, 4) is 5.75 Å². The third-order valence-electron chi connectivity index (χ3n) is 3.04. The molecular weight excluding hydrogens is 207 g/mol. The van der Waals surface area contributed by atoms with Crippen LogP contribution in [0.15, 0.2) is 24.3 Å². The fourth-order valence-corrected chi connectivity index (χ4v) is 1.99. The molecule has 0 N–H and O–H groups in total. The lowest BCUT2D eigenvalue weighted by Gasteiger charge is -2.32. The molecule has 0 aliphatic carbocycles. The molecule has 16 heavy (non-hydrogen) atoms. The van der Waals surface area contributed by atoms with Crippen molar-refractivity contribution in [1.82, 2.24) is 0 Å². The number of halogens is 1. The van der Waals surface area contributed by atoms with E-state index in [0.29, 0.717) is 19.4 Å². The summed E-state index contributed by atoms with van der Waals surface area (Å²) < 4.78 is 24.5. The van der Waals surface area contributed by atoms with E-state index in [-0.39, 0.29) is 6.10 Å². The molecule has 1 aliphatic rings. The van der Waals surface area contributed by atoms with Gasteiger partial charge in [-0.05, 0) is 24.6 Å². The van der Waals surface area contributed by atoms with Crippen molar-refractivity contribution in [2.24, 2.45) is 0 Å². The van der Waals surface area contributed by atoms with E-state index in [1.807, 2.05) is 24.3 Å². The smallest absolute Gasteiger partial charge is 0.118 e. The van der Waals surface area contributed by atoms with Crippen LogP contribution in [0.1, 0.15) is 31.4 Å². The van der Waals surface area contributed by atoms with Crippen molar-refractivity contribution in [2.75, 3.05) is 13.7 Å². The third kappa shape index (κ3) is 2.53. The summed E-state index contributed by atoms with van der Waals surface area (Å²) in [6.45, 7) is 2.13. The van der Waals surface area contributed by atoms with Gasteiger partial charge in [0.15, 0.2) is 0 Å². The highest BCUT2D eigenvalue weighted by atomic mass is 19.1. The number of hydrogen-bond acceptors (Lipinski definition) is 2. The number of methoxy groups -OCH3 is 1. The molecule has 1 fully saturated rings. The lowest BCUT2D eigenvalue weighted by Crippen LogP contribution is -2.30. The van der Waals surface area contributed by atoms with Crippen LogP contribution < -0.4 is 4.74 Å². The molecule has 0 aromatic heterocycles. The Labute approximate surface area is 95.4 Å². The Morgan fingerprint density at radius 2 is 2.06 bits per heavy atom. The Balaban J connectivity index is 2.11. The molecule has 1 aromatic carbocycles. The SMILES string of the molecule is COc1ccc(C2CC(C)(F)CCO2)cc1. The molecule has 2 unspecified atom stereocenters. The summed E-state index contributed by atoms with van der Waals surface area (Å²) in [6, 6.07) is 7.63. The molecule has 2 rings (SSSR count). The highest BCUT2D eigenvalue weighted by Crippen LogP contribution is 2.36. The Bertz CT molecular complexity index is 345. The fraction of sp³-hybridized carbons (Fsp3) is 0.538. The summed E-state index contributed by atoms with van der Waals surface area (Å²) in [5, 5.41) is 0. The van der Waals surface area contributed by atoms with Crippen molar-refractivity contribution in [3.05, 3.63) is 29.8 Å². The van der Waals surface area contributed by atoms with Crippen LogP contribution in [-0.2, 0) is 4.74 Å². The second kappa shape index (κ2) is 4.42. The molecule has 0 spiro atoms. The van der Waals surface area contributed by atoms with Gasteiger partial charge >= 0.3 is 0 Å². The average Bonchev–Trinajstić information content (AvgIpc) is 2.28. The largest absolute Gasteiger partial charge is 0.497 e. The fourth-order valence-electron chi connectivity index (χ4n) is 1.99. The number of benzene rings is 1. The molecule has 1 aliphatic heterocycles. The van der Waals surface area contributed by atoms with Gasteiger partial charge in [0, 0.05) is 12.8 Å². The standard InChI is InChI=1S/C13H17FO2/c1-13(14)7-8-16-12(9-13)10-3-5-11(15-2)6-4-10/h3-6,12H,7-9H2,1-2H3. The van der Waals surface area contributed by atoms with E-state index in [2.05, 4.69) is 0 Å². The van der Waals surface area contributed by atoms with E-state index >= 15 is 0 Å². The van der Waals surface area contributed by atoms with Crippen LogP contribution in [-0.4, -0.2) is 19.4 Å². The zero-order valence-corrected chi connectivity index (χ0v) is 9.70. The van der Waals surface area contributed by atoms with Gasteiger partial charge in [0.2, 0.25) is 0 Å². The maximum absolute atomic E-state index is 13.8. The van der Waals surface area contributed by atoms with Crippen molar-refractivity contribution in [3.63, 3.8) is 0 Å². The molecule has 1 saturated heterocycles. The van der Waals surface area contributed by atoms with Gasteiger partial charge in [0.1, 0.15) is 11.4 Å². The monoisotopic (exact) mass is 224 g/mol. The molecule has 0 bridgehead atoms. The van der Waals surface area contributed by atoms with Gasteiger partial charge in [0.05, 0.1) is 19.8 Å². The molecular formula is C13H17FO2. The lowest BCUT2D eigenvalue weighted by molar-refractivity contribution is -0.0572. The van der Waals surface area contributed by atoms with Crippen LogP contribution in [0.4, 0.5) is 4.39 Å². The number of rotatable bonds is 2. The second-order valence-electron chi connectivity index (χ2n) is 4.50. The predicted octanol–water partition coefficient (Wildman–Crippen LogP) is 3.27. The van der Waals surface area contributed by atoms with E-state index in [0.717, 1.165) is 11.3 Å². The van der Waals surface area contributed by atoms with Crippen LogP contribution in [0.3, 0.4) is 0 Å². The molecule has 0 amide bonds. The van der Waals surface area contributed by atoms with Gasteiger partial charge in [0.25, 0.3) is 0 Å². The average molecular weight is 224 g/mol. The number of ether oxygens (including phenoxy) is 2. The van der Waals surface area contributed by atoms with Crippen molar-refractivity contribution < 1.29 is 13.9 Å². The maximum atomic E-state index is 13.8. The first-order chi connectivity index (χ1) is 7.61. The zero-order valence-electron chi connectivity index (χ0n) is 9.70. The first-order valence-corrected chi connectivity index (χ1v) is 5.55. The Hall–Kier alpha value is -1.09. The highest BCUT2D eigenvalue weighted by molar-refractivity contribution is 5.28. The minimum Gasteiger partial charge on any atom is -0.497 e. The predicted molar refractivity (Wildman–Crippen MR) is 60.4 cm³/mol. The van der Waals surface area contributed by atoms with Gasteiger partial charge in [-0.1, -0.05) is 12.1 Å². The molecule has 2 nitrogen and oxygen atoms in total. The molecule has 2 atom stereocenters. The summed E-state index contributed by atoms with van der Waals surface area (Å²) in [5.74, 6) is 0.808. The first-order valence-electron chi connectivity index (χ1n) is 5.55. The van der Waals surface area contributed by atoms with E-state index in [9.17, 15) is 4.39 Å². The summed E-state index contributed by atoms with van der Waals surface area (Å²) in [5.41, 5.74) is -0.0903. The number of hydrogen-bond donors (Lipinski definition) is 0. The van der Waals surface area contributed by atoms with Crippen LogP contribution in [0.5, 0.6) is 5.75 Å².